The van der Waals surface area contributed by atoms with Crippen molar-refractivity contribution in [1.29, 1.82) is 0 Å². The predicted octanol–water partition coefficient (Wildman–Crippen LogP) is 1.25. The van der Waals surface area contributed by atoms with Gasteiger partial charge in [-0.05, 0) is 50.4 Å². The van der Waals surface area contributed by atoms with Gasteiger partial charge >= 0.3 is 0 Å². The summed E-state index contributed by atoms with van der Waals surface area (Å²) in [6, 6.07) is 5.74. The molecule has 0 spiro atoms. The van der Waals surface area contributed by atoms with Crippen molar-refractivity contribution >= 4 is 11.8 Å². The fraction of sp³-hybridized carbons (Fsp3) is 0.400. The van der Waals surface area contributed by atoms with Crippen LogP contribution in [0.5, 0.6) is 0 Å². The van der Waals surface area contributed by atoms with E-state index in [9.17, 15) is 0 Å². The fourth-order valence-corrected chi connectivity index (χ4v) is 2.84. The SMILES string of the molecule is Nc1nc(N)c(-c2ccccn2)c(CC2CCNCC2)n1. The van der Waals surface area contributed by atoms with E-state index in [1.807, 2.05) is 18.2 Å². The van der Waals surface area contributed by atoms with Gasteiger partial charge in [0.1, 0.15) is 5.82 Å². The zero-order chi connectivity index (χ0) is 14.7. The van der Waals surface area contributed by atoms with Crippen LogP contribution in [0.25, 0.3) is 11.3 Å². The maximum absolute atomic E-state index is 6.08. The highest BCUT2D eigenvalue weighted by atomic mass is 15.0. The van der Waals surface area contributed by atoms with Crippen molar-refractivity contribution in [3.05, 3.63) is 30.1 Å². The minimum absolute atomic E-state index is 0.233. The molecule has 1 saturated heterocycles. The number of rotatable bonds is 3. The highest BCUT2D eigenvalue weighted by Crippen LogP contribution is 2.29. The van der Waals surface area contributed by atoms with Gasteiger partial charge in [-0.25, -0.2) is 4.98 Å². The van der Waals surface area contributed by atoms with E-state index in [0.717, 1.165) is 49.3 Å². The molecule has 6 nitrogen and oxygen atoms in total. The van der Waals surface area contributed by atoms with Crippen LogP contribution in [0.15, 0.2) is 24.4 Å². The number of nitrogens with zero attached hydrogens (tertiary/aromatic N) is 3. The predicted molar refractivity (Wildman–Crippen MR) is 83.4 cm³/mol. The van der Waals surface area contributed by atoms with Crippen molar-refractivity contribution in [3.8, 4) is 11.3 Å². The molecule has 5 N–H and O–H groups in total. The minimum Gasteiger partial charge on any atom is -0.383 e. The summed E-state index contributed by atoms with van der Waals surface area (Å²) < 4.78 is 0. The van der Waals surface area contributed by atoms with Gasteiger partial charge in [0.05, 0.1) is 17.0 Å². The second-order valence-electron chi connectivity index (χ2n) is 5.40. The Morgan fingerprint density at radius 3 is 2.67 bits per heavy atom. The Bertz CT molecular complexity index is 607. The number of aromatic nitrogens is 3. The lowest BCUT2D eigenvalue weighted by atomic mass is 9.91. The highest BCUT2D eigenvalue weighted by Gasteiger charge is 2.20. The van der Waals surface area contributed by atoms with Crippen molar-refractivity contribution in [3.63, 3.8) is 0 Å². The number of hydrogen-bond donors (Lipinski definition) is 3. The second kappa shape index (κ2) is 6.05. The van der Waals surface area contributed by atoms with Gasteiger partial charge in [-0.15, -0.1) is 0 Å². The van der Waals surface area contributed by atoms with Crippen molar-refractivity contribution in [2.45, 2.75) is 19.3 Å². The number of nitrogens with two attached hydrogens (primary N) is 2. The van der Waals surface area contributed by atoms with Crippen LogP contribution in [0.3, 0.4) is 0 Å². The summed E-state index contributed by atoms with van der Waals surface area (Å²) in [7, 11) is 0. The molecule has 6 heteroatoms. The van der Waals surface area contributed by atoms with E-state index in [2.05, 4.69) is 20.3 Å². The second-order valence-corrected chi connectivity index (χ2v) is 5.40. The van der Waals surface area contributed by atoms with Crippen LogP contribution in [0.2, 0.25) is 0 Å². The van der Waals surface area contributed by atoms with E-state index in [-0.39, 0.29) is 5.95 Å². The third-order valence-corrected chi connectivity index (χ3v) is 3.89. The van der Waals surface area contributed by atoms with E-state index in [4.69, 9.17) is 11.5 Å². The molecule has 1 aliphatic rings. The summed E-state index contributed by atoms with van der Waals surface area (Å²) in [6.45, 7) is 2.11. The number of pyridine rings is 1. The zero-order valence-corrected chi connectivity index (χ0v) is 11.9. The molecule has 2 aromatic rings. The van der Waals surface area contributed by atoms with Crippen LogP contribution in [0.4, 0.5) is 11.8 Å². The number of hydrogen-bond acceptors (Lipinski definition) is 6. The molecular formula is C15H20N6. The average Bonchev–Trinajstić information content (AvgIpc) is 2.48. The summed E-state index contributed by atoms with van der Waals surface area (Å²) >= 11 is 0. The maximum Gasteiger partial charge on any atom is 0.222 e. The lowest BCUT2D eigenvalue weighted by molar-refractivity contribution is 0.370. The molecule has 1 fully saturated rings. The molecule has 110 valence electrons. The van der Waals surface area contributed by atoms with Gasteiger partial charge in [-0.1, -0.05) is 6.07 Å². The smallest absolute Gasteiger partial charge is 0.222 e. The Labute approximate surface area is 124 Å². The highest BCUT2D eigenvalue weighted by molar-refractivity contribution is 5.74. The first-order valence-electron chi connectivity index (χ1n) is 7.28. The number of piperidine rings is 1. The summed E-state index contributed by atoms with van der Waals surface area (Å²) in [5.41, 5.74) is 14.4. The Balaban J connectivity index is 1.97. The standard InChI is InChI=1S/C15H20N6/c16-14-13(11-3-1-2-6-19-11)12(20-15(17)21-14)9-10-4-7-18-8-5-10/h1-3,6,10,18H,4-5,7-9H2,(H4,16,17,20,21). The fourth-order valence-electron chi connectivity index (χ4n) is 2.84. The molecule has 3 rings (SSSR count). The number of anilines is 2. The third-order valence-electron chi connectivity index (χ3n) is 3.89. The van der Waals surface area contributed by atoms with Gasteiger partial charge in [0.25, 0.3) is 0 Å². The molecule has 3 heterocycles. The number of nitrogen functional groups attached to an aromatic ring is 2. The van der Waals surface area contributed by atoms with Crippen molar-refractivity contribution in [2.24, 2.45) is 5.92 Å². The van der Waals surface area contributed by atoms with Gasteiger partial charge in [0, 0.05) is 6.20 Å². The lowest BCUT2D eigenvalue weighted by Crippen LogP contribution is -2.29. The Morgan fingerprint density at radius 2 is 1.95 bits per heavy atom. The van der Waals surface area contributed by atoms with Crippen molar-refractivity contribution < 1.29 is 0 Å². The molecule has 0 unspecified atom stereocenters. The van der Waals surface area contributed by atoms with Crippen LogP contribution in [0.1, 0.15) is 18.5 Å². The first-order chi connectivity index (χ1) is 10.2. The van der Waals surface area contributed by atoms with Crippen LogP contribution in [-0.2, 0) is 6.42 Å². The summed E-state index contributed by atoms with van der Waals surface area (Å²) in [4.78, 5) is 12.9. The topological polar surface area (TPSA) is 103 Å². The summed E-state index contributed by atoms with van der Waals surface area (Å²) in [6.07, 6.45) is 4.90. The molecule has 0 aliphatic carbocycles. The minimum atomic E-state index is 0.233. The third kappa shape index (κ3) is 3.11. The molecule has 0 bridgehead atoms. The van der Waals surface area contributed by atoms with Crippen LogP contribution < -0.4 is 16.8 Å². The molecule has 21 heavy (non-hydrogen) atoms. The molecular weight excluding hydrogens is 264 g/mol. The van der Waals surface area contributed by atoms with E-state index < -0.39 is 0 Å². The van der Waals surface area contributed by atoms with Gasteiger partial charge < -0.3 is 16.8 Å². The van der Waals surface area contributed by atoms with E-state index in [1.165, 1.54) is 0 Å². The monoisotopic (exact) mass is 284 g/mol. The molecule has 0 saturated carbocycles. The molecule has 1 aliphatic heterocycles. The Hall–Kier alpha value is -2.21. The zero-order valence-electron chi connectivity index (χ0n) is 11.9. The van der Waals surface area contributed by atoms with Gasteiger partial charge in [-0.2, -0.15) is 4.98 Å². The molecule has 0 radical (unpaired) electrons. The molecule has 0 aromatic carbocycles. The van der Waals surface area contributed by atoms with Crippen molar-refractivity contribution in [2.75, 3.05) is 24.6 Å². The summed E-state index contributed by atoms with van der Waals surface area (Å²) in [5, 5.41) is 3.38. The van der Waals surface area contributed by atoms with E-state index in [1.54, 1.807) is 6.20 Å². The average molecular weight is 284 g/mol. The van der Waals surface area contributed by atoms with Gasteiger partial charge in [-0.3, -0.25) is 4.98 Å². The Morgan fingerprint density at radius 1 is 1.14 bits per heavy atom. The van der Waals surface area contributed by atoms with E-state index in [0.29, 0.717) is 11.7 Å². The van der Waals surface area contributed by atoms with Gasteiger partial charge in [0.2, 0.25) is 5.95 Å². The van der Waals surface area contributed by atoms with Crippen LogP contribution >= 0.6 is 0 Å². The maximum atomic E-state index is 6.08. The normalized spacial score (nSPS) is 16.0. The van der Waals surface area contributed by atoms with Gasteiger partial charge in [0.15, 0.2) is 0 Å². The molecule has 0 amide bonds. The number of nitrogens with one attached hydrogen (secondary N) is 1. The Kier molecular flexibility index (Phi) is 3.96. The first-order valence-corrected chi connectivity index (χ1v) is 7.28. The van der Waals surface area contributed by atoms with Crippen LogP contribution in [-0.4, -0.2) is 28.0 Å². The summed E-state index contributed by atoms with van der Waals surface area (Å²) in [5.74, 6) is 1.24. The molecule has 2 aromatic heterocycles. The lowest BCUT2D eigenvalue weighted by Gasteiger charge is -2.23. The van der Waals surface area contributed by atoms with Crippen molar-refractivity contribution in [1.82, 2.24) is 20.3 Å². The van der Waals surface area contributed by atoms with E-state index >= 15 is 0 Å². The quantitative estimate of drug-likeness (QED) is 0.783. The molecule has 0 atom stereocenters. The first kappa shape index (κ1) is 13.8. The largest absolute Gasteiger partial charge is 0.383 e. The van der Waals surface area contributed by atoms with Crippen LogP contribution in [0, 0.1) is 5.92 Å².